The van der Waals surface area contributed by atoms with Gasteiger partial charge in [-0.1, -0.05) is 0 Å². The quantitative estimate of drug-likeness (QED) is 0.739. The zero-order valence-electron chi connectivity index (χ0n) is 13.9. The van der Waals surface area contributed by atoms with Crippen LogP contribution in [0.2, 0.25) is 0 Å². The maximum atomic E-state index is 12.2. The third-order valence-electron chi connectivity index (χ3n) is 4.79. The van der Waals surface area contributed by atoms with E-state index in [1.165, 1.54) is 7.11 Å². The van der Waals surface area contributed by atoms with E-state index in [-0.39, 0.29) is 30.1 Å². The van der Waals surface area contributed by atoms with Gasteiger partial charge in [-0.15, -0.1) is 0 Å². The molecule has 0 radical (unpaired) electrons. The molecule has 3 aliphatic heterocycles. The van der Waals surface area contributed by atoms with Gasteiger partial charge >= 0.3 is 12.1 Å². The highest BCUT2D eigenvalue weighted by Crippen LogP contribution is 2.42. The number of hydrogen-bond acceptors (Lipinski definition) is 5. The van der Waals surface area contributed by atoms with Crippen molar-refractivity contribution in [2.75, 3.05) is 26.7 Å². The van der Waals surface area contributed by atoms with Gasteiger partial charge in [-0.3, -0.25) is 14.6 Å². The molecular formula is C16H26N2O4. The highest BCUT2D eigenvalue weighted by atomic mass is 16.6. The number of fused-ring (bicyclic) bond motifs is 2. The molecule has 6 nitrogen and oxygen atoms in total. The molecule has 0 aromatic rings. The van der Waals surface area contributed by atoms with Crippen LogP contribution in [-0.2, 0) is 14.3 Å². The van der Waals surface area contributed by atoms with Crippen LogP contribution >= 0.6 is 0 Å². The van der Waals surface area contributed by atoms with E-state index in [2.05, 4.69) is 4.90 Å². The number of esters is 1. The number of piperidine rings is 1. The topological polar surface area (TPSA) is 59.1 Å². The Morgan fingerprint density at radius 1 is 1.14 bits per heavy atom. The minimum absolute atomic E-state index is 0.0810. The van der Waals surface area contributed by atoms with Crippen LogP contribution in [0.1, 0.15) is 33.6 Å². The summed E-state index contributed by atoms with van der Waals surface area (Å²) in [5.41, 5.74) is -0.442. The Morgan fingerprint density at radius 2 is 1.77 bits per heavy atom. The lowest BCUT2D eigenvalue weighted by Crippen LogP contribution is -2.70. The van der Waals surface area contributed by atoms with Crippen LogP contribution in [0.5, 0.6) is 0 Å². The van der Waals surface area contributed by atoms with Crippen molar-refractivity contribution in [3.63, 3.8) is 0 Å². The molecule has 22 heavy (non-hydrogen) atoms. The lowest BCUT2D eigenvalue weighted by Gasteiger charge is -2.56. The van der Waals surface area contributed by atoms with E-state index in [9.17, 15) is 9.59 Å². The molecule has 6 heteroatoms. The van der Waals surface area contributed by atoms with E-state index in [4.69, 9.17) is 9.47 Å². The Kier molecular flexibility index (Phi) is 3.83. The average Bonchev–Trinajstić information content (AvgIpc) is 3.14. The Bertz CT molecular complexity index is 461. The third kappa shape index (κ3) is 3.07. The average molecular weight is 310 g/mol. The predicted molar refractivity (Wildman–Crippen MR) is 80.3 cm³/mol. The summed E-state index contributed by atoms with van der Waals surface area (Å²) in [4.78, 5) is 27.9. The molecule has 1 saturated carbocycles. The maximum Gasteiger partial charge on any atom is 0.410 e. The molecule has 4 aliphatic rings. The standard InChI is InChI=1S/C16H26N2O4/c1-16(2,3)22-15(20)18-11-6-12(18)9-17(8-11)7-10-5-13(10)14(19)21-4/h10-13H,5-9H2,1-4H3/t10-,11?,12?,13+/m1/s1. The molecule has 4 atom stereocenters. The molecule has 0 aromatic carbocycles. The van der Waals surface area contributed by atoms with Crippen LogP contribution in [-0.4, -0.2) is 66.3 Å². The fraction of sp³-hybridized carbons (Fsp3) is 0.875. The van der Waals surface area contributed by atoms with Crippen LogP contribution in [0.25, 0.3) is 0 Å². The Balaban J connectivity index is 1.47. The SMILES string of the molecule is COC(=O)[C@H]1C[C@@H]1CN1CC2CC(C1)N2C(=O)OC(C)(C)C. The van der Waals surface area contributed by atoms with Gasteiger partial charge in [-0.25, -0.2) is 4.79 Å². The first kappa shape index (κ1) is 15.6. The number of amides is 1. The predicted octanol–water partition coefficient (Wildman–Crippen LogP) is 1.49. The molecule has 0 aromatic heterocycles. The van der Waals surface area contributed by atoms with Crippen molar-refractivity contribution >= 4 is 12.1 Å². The smallest absolute Gasteiger partial charge is 0.410 e. The summed E-state index contributed by atoms with van der Waals surface area (Å²) in [6, 6.07) is 0.535. The molecule has 0 spiro atoms. The first-order valence-electron chi connectivity index (χ1n) is 8.10. The summed E-state index contributed by atoms with van der Waals surface area (Å²) in [6.07, 6.45) is 1.82. The first-order chi connectivity index (χ1) is 10.3. The van der Waals surface area contributed by atoms with Gasteiger partial charge in [0.05, 0.1) is 25.1 Å². The Labute approximate surface area is 131 Å². The Hall–Kier alpha value is -1.30. The number of hydrogen-bond donors (Lipinski definition) is 0. The van der Waals surface area contributed by atoms with Crippen LogP contribution in [0.3, 0.4) is 0 Å². The van der Waals surface area contributed by atoms with Crippen molar-refractivity contribution in [1.29, 1.82) is 0 Å². The van der Waals surface area contributed by atoms with Crippen molar-refractivity contribution in [3.8, 4) is 0 Å². The fourth-order valence-electron chi connectivity index (χ4n) is 3.68. The van der Waals surface area contributed by atoms with E-state index in [1.807, 2.05) is 25.7 Å². The monoisotopic (exact) mass is 310 g/mol. The molecule has 3 heterocycles. The Morgan fingerprint density at radius 3 is 2.32 bits per heavy atom. The number of rotatable bonds is 3. The normalized spacial score (nSPS) is 33.9. The summed E-state index contributed by atoms with van der Waals surface area (Å²) in [5, 5.41) is 0. The van der Waals surface area contributed by atoms with Gasteiger partial charge in [0.15, 0.2) is 0 Å². The van der Waals surface area contributed by atoms with Crippen molar-refractivity contribution in [3.05, 3.63) is 0 Å². The highest BCUT2D eigenvalue weighted by Gasteiger charge is 2.51. The maximum absolute atomic E-state index is 12.2. The summed E-state index contributed by atoms with van der Waals surface area (Å²) in [6.45, 7) is 8.40. The number of nitrogens with zero attached hydrogens (tertiary/aromatic N) is 2. The molecule has 4 rings (SSSR count). The van der Waals surface area contributed by atoms with Crippen LogP contribution < -0.4 is 0 Å². The van der Waals surface area contributed by atoms with E-state index in [0.29, 0.717) is 5.92 Å². The lowest BCUT2D eigenvalue weighted by atomic mass is 9.88. The number of methoxy groups -OCH3 is 1. The van der Waals surface area contributed by atoms with Gasteiger partial charge in [-0.2, -0.15) is 0 Å². The highest BCUT2D eigenvalue weighted by molar-refractivity contribution is 5.75. The van der Waals surface area contributed by atoms with Gasteiger partial charge < -0.3 is 9.47 Å². The minimum atomic E-state index is -0.442. The second-order valence-corrected chi connectivity index (χ2v) is 7.77. The van der Waals surface area contributed by atoms with E-state index in [0.717, 1.165) is 32.5 Å². The molecule has 3 saturated heterocycles. The van der Waals surface area contributed by atoms with Crippen molar-refractivity contribution in [2.45, 2.75) is 51.3 Å². The summed E-state index contributed by atoms with van der Waals surface area (Å²) in [5.74, 6) is 0.438. The lowest BCUT2D eigenvalue weighted by molar-refractivity contribution is -0.142. The zero-order chi connectivity index (χ0) is 16.1. The van der Waals surface area contributed by atoms with E-state index >= 15 is 0 Å². The van der Waals surface area contributed by atoms with Gasteiger partial charge in [-0.05, 0) is 39.5 Å². The van der Waals surface area contributed by atoms with Crippen molar-refractivity contribution < 1.29 is 19.1 Å². The number of carbonyl (C=O) groups excluding carboxylic acids is 2. The number of ether oxygens (including phenoxy) is 2. The molecule has 1 amide bonds. The van der Waals surface area contributed by atoms with Gasteiger partial charge in [0, 0.05) is 19.6 Å². The molecule has 1 aliphatic carbocycles. The van der Waals surface area contributed by atoms with Crippen molar-refractivity contribution in [2.24, 2.45) is 11.8 Å². The van der Waals surface area contributed by atoms with Gasteiger partial charge in [0.25, 0.3) is 0 Å². The van der Waals surface area contributed by atoms with Gasteiger partial charge in [0.2, 0.25) is 0 Å². The van der Waals surface area contributed by atoms with E-state index in [1.54, 1.807) is 0 Å². The van der Waals surface area contributed by atoms with Crippen LogP contribution in [0.15, 0.2) is 0 Å². The van der Waals surface area contributed by atoms with Crippen LogP contribution in [0, 0.1) is 11.8 Å². The largest absolute Gasteiger partial charge is 0.469 e. The number of piperazine rings is 1. The van der Waals surface area contributed by atoms with Crippen molar-refractivity contribution in [1.82, 2.24) is 9.80 Å². The molecule has 0 N–H and O–H groups in total. The molecular weight excluding hydrogens is 284 g/mol. The summed E-state index contributed by atoms with van der Waals surface area (Å²) in [7, 11) is 1.45. The molecule has 2 unspecified atom stereocenters. The summed E-state index contributed by atoms with van der Waals surface area (Å²) < 4.78 is 10.3. The van der Waals surface area contributed by atoms with Gasteiger partial charge in [0.1, 0.15) is 5.60 Å². The van der Waals surface area contributed by atoms with Crippen LogP contribution in [0.4, 0.5) is 4.79 Å². The molecule has 124 valence electrons. The first-order valence-corrected chi connectivity index (χ1v) is 8.10. The molecule has 2 bridgehead atoms. The second kappa shape index (κ2) is 5.41. The number of carbonyl (C=O) groups is 2. The minimum Gasteiger partial charge on any atom is -0.469 e. The fourth-order valence-corrected chi connectivity index (χ4v) is 3.68. The van der Waals surface area contributed by atoms with E-state index < -0.39 is 5.60 Å². The molecule has 4 fully saturated rings. The summed E-state index contributed by atoms with van der Waals surface area (Å²) >= 11 is 0. The zero-order valence-corrected chi connectivity index (χ0v) is 13.9. The second-order valence-electron chi connectivity index (χ2n) is 7.77. The third-order valence-corrected chi connectivity index (χ3v) is 4.79.